The largest absolute Gasteiger partial charge is 0.419 e. The average Bonchev–Trinajstić information content (AvgIpc) is 3.26. The van der Waals surface area contributed by atoms with Crippen molar-refractivity contribution in [3.8, 4) is 0 Å². The molecular formula is C18H20N4O3. The molecule has 0 bridgehead atoms. The van der Waals surface area contributed by atoms with Crippen LogP contribution < -0.4 is 5.76 Å². The lowest BCUT2D eigenvalue weighted by molar-refractivity contribution is 0.0790. The number of imidazole rings is 1. The molecule has 3 aromatic rings. The molecule has 4 rings (SSSR count). The first-order valence-electron chi connectivity index (χ1n) is 8.33. The number of aromatic nitrogens is 3. The van der Waals surface area contributed by atoms with Gasteiger partial charge in [-0.2, -0.15) is 0 Å². The zero-order chi connectivity index (χ0) is 17.7. The van der Waals surface area contributed by atoms with Crippen LogP contribution in [0, 0.1) is 6.92 Å². The Kier molecular flexibility index (Phi) is 3.52. The minimum Gasteiger partial charge on any atom is -0.408 e. The Balaban J connectivity index is 1.58. The molecule has 0 unspecified atom stereocenters. The molecule has 3 heterocycles. The van der Waals surface area contributed by atoms with E-state index in [0.29, 0.717) is 29.8 Å². The molecule has 0 saturated carbocycles. The van der Waals surface area contributed by atoms with Gasteiger partial charge in [0.05, 0.1) is 11.2 Å². The lowest BCUT2D eigenvalue weighted by Gasteiger charge is -2.16. The number of nitrogens with zero attached hydrogens (tertiary/aromatic N) is 4. The van der Waals surface area contributed by atoms with Gasteiger partial charge < -0.3 is 13.9 Å². The van der Waals surface area contributed by atoms with Gasteiger partial charge >= 0.3 is 5.76 Å². The van der Waals surface area contributed by atoms with E-state index < -0.39 is 5.76 Å². The number of benzene rings is 1. The van der Waals surface area contributed by atoms with Crippen molar-refractivity contribution in [1.29, 1.82) is 0 Å². The Morgan fingerprint density at radius 1 is 1.32 bits per heavy atom. The molecule has 1 aliphatic heterocycles. The van der Waals surface area contributed by atoms with Gasteiger partial charge in [-0.1, -0.05) is 0 Å². The second-order valence-electron chi connectivity index (χ2n) is 6.70. The van der Waals surface area contributed by atoms with E-state index in [-0.39, 0.29) is 11.8 Å². The SMILES string of the molecule is Cc1cn(C)c([C@H]2CCN(C(=O)c3ccc4oc(=O)n(C)c4c3)C2)n1. The first-order valence-corrected chi connectivity index (χ1v) is 8.33. The number of carbonyl (C=O) groups is 1. The summed E-state index contributed by atoms with van der Waals surface area (Å²) in [6.45, 7) is 3.34. The van der Waals surface area contributed by atoms with E-state index in [1.807, 2.05) is 29.6 Å². The van der Waals surface area contributed by atoms with E-state index in [9.17, 15) is 9.59 Å². The van der Waals surface area contributed by atoms with Crippen molar-refractivity contribution >= 4 is 17.0 Å². The van der Waals surface area contributed by atoms with Crippen LogP contribution in [0.25, 0.3) is 11.1 Å². The van der Waals surface area contributed by atoms with Crippen molar-refractivity contribution in [1.82, 2.24) is 19.0 Å². The van der Waals surface area contributed by atoms with Gasteiger partial charge in [-0.15, -0.1) is 0 Å². The topological polar surface area (TPSA) is 73.3 Å². The maximum Gasteiger partial charge on any atom is 0.419 e. The van der Waals surface area contributed by atoms with Crippen molar-refractivity contribution in [2.75, 3.05) is 13.1 Å². The molecule has 25 heavy (non-hydrogen) atoms. The monoisotopic (exact) mass is 340 g/mol. The molecule has 2 aromatic heterocycles. The molecule has 7 heteroatoms. The fourth-order valence-corrected chi connectivity index (χ4v) is 3.61. The third kappa shape index (κ3) is 2.56. The summed E-state index contributed by atoms with van der Waals surface area (Å²) in [7, 11) is 3.63. The van der Waals surface area contributed by atoms with Crippen molar-refractivity contribution in [3.05, 3.63) is 52.0 Å². The third-order valence-corrected chi connectivity index (χ3v) is 4.91. The number of carbonyl (C=O) groups excluding carboxylic acids is 1. The number of fused-ring (bicyclic) bond motifs is 1. The predicted octanol–water partition coefficient (Wildman–Crippen LogP) is 1.80. The van der Waals surface area contributed by atoms with E-state index in [1.54, 1.807) is 25.2 Å². The fourth-order valence-electron chi connectivity index (χ4n) is 3.61. The van der Waals surface area contributed by atoms with Gasteiger partial charge in [0.2, 0.25) is 0 Å². The van der Waals surface area contributed by atoms with E-state index in [4.69, 9.17) is 4.42 Å². The zero-order valence-corrected chi connectivity index (χ0v) is 14.5. The van der Waals surface area contributed by atoms with Gasteiger partial charge in [0.1, 0.15) is 5.82 Å². The molecule has 1 atom stereocenters. The summed E-state index contributed by atoms with van der Waals surface area (Å²) >= 11 is 0. The van der Waals surface area contributed by atoms with Gasteiger partial charge in [0, 0.05) is 44.9 Å². The molecule has 7 nitrogen and oxygen atoms in total. The molecule has 0 aliphatic carbocycles. The molecule has 0 radical (unpaired) electrons. The number of amides is 1. The molecule has 1 saturated heterocycles. The summed E-state index contributed by atoms with van der Waals surface area (Å²) < 4.78 is 8.58. The smallest absolute Gasteiger partial charge is 0.408 e. The third-order valence-electron chi connectivity index (χ3n) is 4.91. The molecule has 0 N–H and O–H groups in total. The highest BCUT2D eigenvalue weighted by Gasteiger charge is 2.30. The van der Waals surface area contributed by atoms with E-state index in [0.717, 1.165) is 17.9 Å². The summed E-state index contributed by atoms with van der Waals surface area (Å²) in [5, 5.41) is 0. The Hall–Kier alpha value is -2.83. The number of hydrogen-bond donors (Lipinski definition) is 0. The predicted molar refractivity (Wildman–Crippen MR) is 92.7 cm³/mol. The van der Waals surface area contributed by atoms with Crippen LogP contribution in [0.5, 0.6) is 0 Å². The maximum atomic E-state index is 12.9. The average molecular weight is 340 g/mol. The molecular weight excluding hydrogens is 320 g/mol. The number of likely N-dealkylation sites (tertiary alicyclic amines) is 1. The van der Waals surface area contributed by atoms with Crippen LogP contribution in [0.15, 0.2) is 33.6 Å². The van der Waals surface area contributed by atoms with E-state index in [1.165, 1.54) is 4.57 Å². The van der Waals surface area contributed by atoms with Crippen LogP contribution >= 0.6 is 0 Å². The van der Waals surface area contributed by atoms with Gasteiger partial charge in [-0.3, -0.25) is 9.36 Å². The molecule has 1 amide bonds. The lowest BCUT2D eigenvalue weighted by Crippen LogP contribution is -2.28. The van der Waals surface area contributed by atoms with Gasteiger partial charge in [-0.05, 0) is 31.5 Å². The normalized spacial score (nSPS) is 17.6. The standard InChI is InChI=1S/C18H20N4O3/c1-11-9-20(2)16(19-11)13-6-7-22(10-13)17(23)12-4-5-15-14(8-12)21(3)18(24)25-15/h4-5,8-9,13H,6-7,10H2,1-3H3/t13-/m0/s1. The van der Waals surface area contributed by atoms with Crippen LogP contribution in [0.2, 0.25) is 0 Å². The van der Waals surface area contributed by atoms with Crippen molar-refractivity contribution in [3.63, 3.8) is 0 Å². The number of rotatable bonds is 2. The summed E-state index contributed by atoms with van der Waals surface area (Å²) in [5.41, 5.74) is 2.69. The summed E-state index contributed by atoms with van der Waals surface area (Å²) in [5.74, 6) is 0.833. The Bertz CT molecular complexity index is 1030. The minimum atomic E-state index is -0.425. The zero-order valence-electron chi connectivity index (χ0n) is 14.5. The van der Waals surface area contributed by atoms with Crippen molar-refractivity contribution in [2.24, 2.45) is 14.1 Å². The van der Waals surface area contributed by atoms with E-state index in [2.05, 4.69) is 4.98 Å². The van der Waals surface area contributed by atoms with E-state index >= 15 is 0 Å². The first kappa shape index (κ1) is 15.7. The van der Waals surface area contributed by atoms with Crippen LogP contribution in [0.1, 0.15) is 34.2 Å². The van der Waals surface area contributed by atoms with Crippen LogP contribution in [-0.2, 0) is 14.1 Å². The Morgan fingerprint density at radius 3 is 2.84 bits per heavy atom. The summed E-state index contributed by atoms with van der Waals surface area (Å²) in [4.78, 5) is 30.9. The van der Waals surface area contributed by atoms with Gasteiger partial charge in [-0.25, -0.2) is 9.78 Å². The second kappa shape index (κ2) is 5.61. The van der Waals surface area contributed by atoms with Crippen molar-refractivity contribution < 1.29 is 9.21 Å². The highest BCUT2D eigenvalue weighted by Crippen LogP contribution is 2.28. The molecule has 1 fully saturated rings. The highest BCUT2D eigenvalue weighted by atomic mass is 16.4. The first-order chi connectivity index (χ1) is 11.9. The van der Waals surface area contributed by atoms with Gasteiger partial charge in [0.15, 0.2) is 5.58 Å². The molecule has 130 valence electrons. The quantitative estimate of drug-likeness (QED) is 0.713. The molecule has 1 aliphatic rings. The number of oxazole rings is 1. The lowest BCUT2D eigenvalue weighted by atomic mass is 10.1. The highest BCUT2D eigenvalue weighted by molar-refractivity contribution is 5.97. The number of hydrogen-bond acceptors (Lipinski definition) is 4. The fraction of sp³-hybridized carbons (Fsp3) is 0.389. The molecule has 1 aromatic carbocycles. The Morgan fingerprint density at radius 2 is 2.12 bits per heavy atom. The molecule has 0 spiro atoms. The van der Waals surface area contributed by atoms with Crippen LogP contribution in [0.4, 0.5) is 0 Å². The minimum absolute atomic E-state index is 0.0241. The summed E-state index contributed by atoms with van der Waals surface area (Å²) in [6, 6.07) is 5.12. The van der Waals surface area contributed by atoms with Crippen LogP contribution in [-0.4, -0.2) is 38.0 Å². The summed E-state index contributed by atoms with van der Waals surface area (Å²) in [6.07, 6.45) is 2.91. The maximum absolute atomic E-state index is 12.9. The van der Waals surface area contributed by atoms with Crippen LogP contribution in [0.3, 0.4) is 0 Å². The van der Waals surface area contributed by atoms with Gasteiger partial charge in [0.25, 0.3) is 5.91 Å². The van der Waals surface area contributed by atoms with Crippen molar-refractivity contribution in [2.45, 2.75) is 19.3 Å². The second-order valence-corrected chi connectivity index (χ2v) is 6.70. The number of aryl methyl sites for hydroxylation is 3. The Labute approximate surface area is 144 Å².